The number of nitrogens with one attached hydrogen (secondary N) is 2. The molecule has 0 aromatic heterocycles. The first kappa shape index (κ1) is 19.6. The fraction of sp³-hybridized carbons (Fsp3) is 0.500. The molecular formula is C16H24BrN3O3. The molecule has 0 bridgehead atoms. The maximum Gasteiger partial charge on any atom is 0.233 e. The maximum atomic E-state index is 12.1. The Labute approximate surface area is 145 Å². The molecule has 0 spiro atoms. The maximum absolute atomic E-state index is 12.1. The van der Waals surface area contributed by atoms with Crippen molar-refractivity contribution in [1.82, 2.24) is 15.5 Å². The van der Waals surface area contributed by atoms with Gasteiger partial charge in [-0.05, 0) is 11.6 Å². The normalized spacial score (nSPS) is 10.4. The number of ether oxygens (including phenoxy) is 1. The van der Waals surface area contributed by atoms with Crippen molar-refractivity contribution in [2.45, 2.75) is 13.0 Å². The van der Waals surface area contributed by atoms with Crippen LogP contribution in [-0.4, -0.2) is 57.1 Å². The van der Waals surface area contributed by atoms with Crippen molar-refractivity contribution in [2.24, 2.45) is 0 Å². The molecule has 0 aliphatic heterocycles. The molecule has 0 aliphatic rings. The molecule has 0 aliphatic carbocycles. The molecule has 0 saturated carbocycles. The number of benzene rings is 1. The summed E-state index contributed by atoms with van der Waals surface area (Å²) in [6, 6.07) is 7.80. The summed E-state index contributed by atoms with van der Waals surface area (Å²) in [5.41, 5.74) is 1.05. The summed E-state index contributed by atoms with van der Waals surface area (Å²) in [5.74, 6) is -0.129. The van der Waals surface area contributed by atoms with Gasteiger partial charge in [0, 0.05) is 44.7 Å². The van der Waals surface area contributed by atoms with Crippen molar-refractivity contribution in [1.29, 1.82) is 0 Å². The van der Waals surface area contributed by atoms with E-state index in [0.29, 0.717) is 26.2 Å². The van der Waals surface area contributed by atoms with Gasteiger partial charge in [-0.1, -0.05) is 34.1 Å². The molecule has 2 N–H and O–H groups in total. The lowest BCUT2D eigenvalue weighted by Gasteiger charge is -2.18. The molecule has 128 valence electrons. The van der Waals surface area contributed by atoms with Crippen LogP contribution in [0.2, 0.25) is 0 Å². The molecule has 0 atom stereocenters. The van der Waals surface area contributed by atoms with Crippen LogP contribution >= 0.6 is 15.9 Å². The van der Waals surface area contributed by atoms with E-state index in [1.807, 2.05) is 24.3 Å². The second-order valence-corrected chi connectivity index (χ2v) is 5.97. The number of rotatable bonds is 10. The van der Waals surface area contributed by atoms with E-state index in [0.717, 1.165) is 10.0 Å². The predicted molar refractivity (Wildman–Crippen MR) is 93.0 cm³/mol. The van der Waals surface area contributed by atoms with E-state index < -0.39 is 0 Å². The predicted octanol–water partition coefficient (Wildman–Crippen LogP) is 1.15. The monoisotopic (exact) mass is 385 g/mol. The number of hydrogen-bond acceptors (Lipinski definition) is 4. The standard InChI is InChI=1S/C16H24BrN3O3/c1-20(12-13-5-3-4-6-14(13)17)16(22)7-8-19-15(21)11-18-9-10-23-2/h3-6,18H,7-12H2,1-2H3,(H,19,21). The first-order valence-corrected chi connectivity index (χ1v) is 8.27. The highest BCUT2D eigenvalue weighted by Gasteiger charge is 2.11. The second kappa shape index (κ2) is 11.2. The number of carbonyl (C=O) groups is 2. The molecule has 2 amide bonds. The van der Waals surface area contributed by atoms with Crippen molar-refractivity contribution in [3.05, 3.63) is 34.3 Å². The molecule has 1 aromatic rings. The molecule has 7 heteroatoms. The Morgan fingerprint density at radius 3 is 2.70 bits per heavy atom. The number of methoxy groups -OCH3 is 1. The molecular weight excluding hydrogens is 362 g/mol. The van der Waals surface area contributed by atoms with Gasteiger partial charge in [0.2, 0.25) is 11.8 Å². The molecule has 0 heterocycles. The van der Waals surface area contributed by atoms with Gasteiger partial charge in [-0.25, -0.2) is 0 Å². The van der Waals surface area contributed by atoms with Crippen molar-refractivity contribution >= 4 is 27.7 Å². The lowest BCUT2D eigenvalue weighted by atomic mass is 10.2. The van der Waals surface area contributed by atoms with Crippen LogP contribution in [0.4, 0.5) is 0 Å². The van der Waals surface area contributed by atoms with E-state index in [9.17, 15) is 9.59 Å². The minimum Gasteiger partial charge on any atom is -0.383 e. The SMILES string of the molecule is COCCNCC(=O)NCCC(=O)N(C)Cc1ccccc1Br. The van der Waals surface area contributed by atoms with E-state index in [4.69, 9.17) is 4.74 Å². The van der Waals surface area contributed by atoms with Crippen LogP contribution in [0.25, 0.3) is 0 Å². The van der Waals surface area contributed by atoms with E-state index >= 15 is 0 Å². The van der Waals surface area contributed by atoms with Crippen LogP contribution < -0.4 is 10.6 Å². The summed E-state index contributed by atoms with van der Waals surface area (Å²) in [7, 11) is 3.37. The molecule has 6 nitrogen and oxygen atoms in total. The Hall–Kier alpha value is -1.44. The van der Waals surface area contributed by atoms with Crippen LogP contribution in [0, 0.1) is 0 Å². The molecule has 0 fully saturated rings. The smallest absolute Gasteiger partial charge is 0.233 e. The highest BCUT2D eigenvalue weighted by Crippen LogP contribution is 2.17. The van der Waals surface area contributed by atoms with Crippen molar-refractivity contribution in [3.63, 3.8) is 0 Å². The van der Waals surface area contributed by atoms with Crippen LogP contribution in [0.3, 0.4) is 0 Å². The Morgan fingerprint density at radius 1 is 1.26 bits per heavy atom. The summed E-state index contributed by atoms with van der Waals surface area (Å²) in [5, 5.41) is 5.67. The third kappa shape index (κ3) is 8.11. The zero-order chi connectivity index (χ0) is 17.1. The third-order valence-electron chi connectivity index (χ3n) is 3.22. The summed E-state index contributed by atoms with van der Waals surface area (Å²) in [4.78, 5) is 25.3. The van der Waals surface area contributed by atoms with Gasteiger partial charge < -0.3 is 20.3 Å². The molecule has 1 aromatic carbocycles. The van der Waals surface area contributed by atoms with E-state index in [1.54, 1.807) is 19.1 Å². The summed E-state index contributed by atoms with van der Waals surface area (Å²) in [6.45, 7) is 2.28. The zero-order valence-corrected chi connectivity index (χ0v) is 15.2. The first-order valence-electron chi connectivity index (χ1n) is 7.48. The summed E-state index contributed by atoms with van der Waals surface area (Å²) >= 11 is 3.47. The first-order chi connectivity index (χ1) is 11.0. The minimum absolute atomic E-state index is 0.00612. The van der Waals surface area contributed by atoms with Gasteiger partial charge in [-0.3, -0.25) is 9.59 Å². The molecule has 0 radical (unpaired) electrons. The number of amides is 2. The highest BCUT2D eigenvalue weighted by molar-refractivity contribution is 9.10. The second-order valence-electron chi connectivity index (χ2n) is 5.11. The van der Waals surface area contributed by atoms with Gasteiger partial charge in [0.15, 0.2) is 0 Å². The van der Waals surface area contributed by atoms with Gasteiger partial charge in [0.25, 0.3) is 0 Å². The fourth-order valence-electron chi connectivity index (χ4n) is 1.91. The lowest BCUT2D eigenvalue weighted by molar-refractivity contribution is -0.130. The van der Waals surface area contributed by atoms with Crippen LogP contribution in [0.15, 0.2) is 28.7 Å². The Bertz CT molecular complexity index is 511. The molecule has 0 saturated heterocycles. The zero-order valence-electron chi connectivity index (χ0n) is 13.6. The summed E-state index contributed by atoms with van der Waals surface area (Å²) < 4.78 is 5.85. The topological polar surface area (TPSA) is 70.7 Å². The van der Waals surface area contributed by atoms with Crippen molar-refractivity contribution in [3.8, 4) is 0 Å². The molecule has 1 rings (SSSR count). The number of nitrogens with zero attached hydrogens (tertiary/aromatic N) is 1. The lowest BCUT2D eigenvalue weighted by Crippen LogP contribution is -2.37. The Balaban J connectivity index is 2.23. The van der Waals surface area contributed by atoms with E-state index in [2.05, 4.69) is 26.6 Å². The number of carbonyl (C=O) groups excluding carboxylic acids is 2. The Kier molecular flexibility index (Phi) is 9.51. The molecule has 0 unspecified atom stereocenters. The number of hydrogen-bond donors (Lipinski definition) is 2. The van der Waals surface area contributed by atoms with Gasteiger partial charge in [-0.2, -0.15) is 0 Å². The van der Waals surface area contributed by atoms with Gasteiger partial charge >= 0.3 is 0 Å². The molecule has 23 heavy (non-hydrogen) atoms. The third-order valence-corrected chi connectivity index (χ3v) is 3.99. The fourth-order valence-corrected chi connectivity index (χ4v) is 2.32. The van der Waals surface area contributed by atoms with E-state index in [-0.39, 0.29) is 24.8 Å². The average Bonchev–Trinajstić information content (AvgIpc) is 2.53. The van der Waals surface area contributed by atoms with Crippen molar-refractivity contribution in [2.75, 3.05) is 40.4 Å². The van der Waals surface area contributed by atoms with E-state index in [1.165, 1.54) is 0 Å². The van der Waals surface area contributed by atoms with Crippen LogP contribution in [0.1, 0.15) is 12.0 Å². The quantitative estimate of drug-likeness (QED) is 0.592. The van der Waals surface area contributed by atoms with Gasteiger partial charge in [-0.15, -0.1) is 0 Å². The van der Waals surface area contributed by atoms with Gasteiger partial charge in [0.1, 0.15) is 0 Å². The number of halogens is 1. The minimum atomic E-state index is -0.123. The average molecular weight is 386 g/mol. The summed E-state index contributed by atoms with van der Waals surface area (Å²) in [6.07, 6.45) is 0.283. The highest BCUT2D eigenvalue weighted by atomic mass is 79.9. The van der Waals surface area contributed by atoms with Crippen LogP contribution in [0.5, 0.6) is 0 Å². The van der Waals surface area contributed by atoms with Crippen molar-refractivity contribution < 1.29 is 14.3 Å². The largest absolute Gasteiger partial charge is 0.383 e. The van der Waals surface area contributed by atoms with Crippen LogP contribution in [-0.2, 0) is 20.9 Å². The van der Waals surface area contributed by atoms with Gasteiger partial charge in [0.05, 0.1) is 13.2 Å². The Morgan fingerprint density at radius 2 is 2.00 bits per heavy atom.